The van der Waals surface area contributed by atoms with Crippen LogP contribution in [0.3, 0.4) is 0 Å². The number of nitrogens with one attached hydrogen (secondary N) is 1. The highest BCUT2D eigenvalue weighted by Crippen LogP contribution is 2.29. The highest BCUT2D eigenvalue weighted by atomic mass is 19.3. The van der Waals surface area contributed by atoms with E-state index in [9.17, 15) is 8.78 Å². The molecule has 0 radical (unpaired) electrons. The lowest BCUT2D eigenvalue weighted by Crippen LogP contribution is -2.38. The number of rotatable bonds is 7. The third kappa shape index (κ3) is 5.85. The standard InChI is InChI=1S/C14H21F2N3O2/c1-4-9(2)19-14(17)18-8-10-5-6-11(20-3)12(7-10)21-13(15)16/h5-7,9,13H,4,8H2,1-3H3,(H3,17,18,19). The van der Waals surface area contributed by atoms with Gasteiger partial charge < -0.3 is 20.5 Å². The normalized spacial score (nSPS) is 13.1. The van der Waals surface area contributed by atoms with Gasteiger partial charge in [-0.1, -0.05) is 13.0 Å². The zero-order chi connectivity index (χ0) is 15.8. The molecule has 5 nitrogen and oxygen atoms in total. The van der Waals surface area contributed by atoms with E-state index < -0.39 is 6.61 Å². The molecule has 1 aromatic rings. The van der Waals surface area contributed by atoms with Crippen molar-refractivity contribution >= 4 is 5.96 Å². The van der Waals surface area contributed by atoms with Crippen LogP contribution in [0.1, 0.15) is 25.8 Å². The molecule has 0 aromatic heterocycles. The van der Waals surface area contributed by atoms with Crippen LogP contribution >= 0.6 is 0 Å². The summed E-state index contributed by atoms with van der Waals surface area (Å²) >= 11 is 0. The third-order valence-electron chi connectivity index (χ3n) is 2.88. The van der Waals surface area contributed by atoms with Crippen LogP contribution in [0.25, 0.3) is 0 Å². The van der Waals surface area contributed by atoms with Crippen molar-refractivity contribution in [1.82, 2.24) is 5.32 Å². The summed E-state index contributed by atoms with van der Waals surface area (Å²) < 4.78 is 34.0. The van der Waals surface area contributed by atoms with Gasteiger partial charge in [0.15, 0.2) is 17.5 Å². The molecule has 0 heterocycles. The number of hydrogen-bond acceptors (Lipinski definition) is 3. The minimum absolute atomic E-state index is 0.0198. The van der Waals surface area contributed by atoms with E-state index in [4.69, 9.17) is 10.5 Å². The summed E-state index contributed by atoms with van der Waals surface area (Å²) in [7, 11) is 1.39. The number of ether oxygens (including phenoxy) is 2. The third-order valence-corrected chi connectivity index (χ3v) is 2.88. The Labute approximate surface area is 123 Å². The Bertz CT molecular complexity index is 481. The number of benzene rings is 1. The van der Waals surface area contributed by atoms with Crippen molar-refractivity contribution in [2.45, 2.75) is 39.5 Å². The van der Waals surface area contributed by atoms with Crippen molar-refractivity contribution in [2.75, 3.05) is 7.11 Å². The fraction of sp³-hybridized carbons (Fsp3) is 0.500. The smallest absolute Gasteiger partial charge is 0.387 e. The molecule has 3 N–H and O–H groups in total. The summed E-state index contributed by atoms with van der Waals surface area (Å²) in [4.78, 5) is 4.16. The van der Waals surface area contributed by atoms with Crippen LogP contribution in [0.2, 0.25) is 0 Å². The van der Waals surface area contributed by atoms with Crippen molar-refractivity contribution in [3.05, 3.63) is 23.8 Å². The molecule has 0 bridgehead atoms. The highest BCUT2D eigenvalue weighted by Gasteiger charge is 2.11. The van der Waals surface area contributed by atoms with E-state index in [2.05, 4.69) is 15.0 Å². The number of nitrogens with zero attached hydrogens (tertiary/aromatic N) is 1. The van der Waals surface area contributed by atoms with Gasteiger partial charge in [0.05, 0.1) is 13.7 Å². The maximum atomic E-state index is 12.3. The second-order valence-corrected chi connectivity index (χ2v) is 4.52. The predicted octanol–water partition coefficient (Wildman–Crippen LogP) is 2.50. The molecule has 1 aromatic carbocycles. The number of hydrogen-bond donors (Lipinski definition) is 2. The average molecular weight is 301 g/mol. The average Bonchev–Trinajstić information content (AvgIpc) is 2.44. The molecule has 118 valence electrons. The summed E-state index contributed by atoms with van der Waals surface area (Å²) in [6, 6.07) is 4.96. The Hall–Kier alpha value is -2.05. The molecule has 0 saturated heterocycles. The molecule has 21 heavy (non-hydrogen) atoms. The van der Waals surface area contributed by atoms with E-state index in [1.165, 1.54) is 13.2 Å². The van der Waals surface area contributed by atoms with Gasteiger partial charge in [0.25, 0.3) is 0 Å². The Morgan fingerprint density at radius 2 is 2.10 bits per heavy atom. The van der Waals surface area contributed by atoms with E-state index in [0.29, 0.717) is 11.5 Å². The molecule has 0 aliphatic rings. The van der Waals surface area contributed by atoms with Crippen molar-refractivity contribution in [3.63, 3.8) is 0 Å². The first-order chi connectivity index (χ1) is 9.96. The van der Waals surface area contributed by atoms with Crippen molar-refractivity contribution in [2.24, 2.45) is 10.7 Å². The maximum Gasteiger partial charge on any atom is 0.387 e. The van der Waals surface area contributed by atoms with Gasteiger partial charge in [-0.05, 0) is 31.0 Å². The summed E-state index contributed by atoms with van der Waals surface area (Å²) in [6.07, 6.45) is 0.922. The molecular formula is C14H21F2N3O2. The second-order valence-electron chi connectivity index (χ2n) is 4.52. The van der Waals surface area contributed by atoms with Gasteiger partial charge in [0.1, 0.15) is 0 Å². The zero-order valence-electron chi connectivity index (χ0n) is 12.4. The van der Waals surface area contributed by atoms with Crippen LogP contribution in [0, 0.1) is 0 Å². The van der Waals surface area contributed by atoms with Crippen LogP contribution in [-0.2, 0) is 6.54 Å². The molecule has 0 amide bonds. The number of halogens is 2. The molecule has 0 aliphatic heterocycles. The van der Waals surface area contributed by atoms with Crippen LogP contribution in [0.4, 0.5) is 8.78 Å². The highest BCUT2D eigenvalue weighted by molar-refractivity contribution is 5.78. The predicted molar refractivity (Wildman–Crippen MR) is 77.8 cm³/mol. The molecule has 1 unspecified atom stereocenters. The second kappa shape index (κ2) is 8.28. The molecule has 0 aliphatic carbocycles. The maximum absolute atomic E-state index is 12.3. The van der Waals surface area contributed by atoms with Gasteiger partial charge in [-0.25, -0.2) is 4.99 Å². The van der Waals surface area contributed by atoms with Gasteiger partial charge in [0, 0.05) is 6.04 Å². The number of nitrogens with two attached hydrogens (primary N) is 1. The van der Waals surface area contributed by atoms with E-state index in [1.54, 1.807) is 12.1 Å². The number of methoxy groups -OCH3 is 1. The van der Waals surface area contributed by atoms with E-state index in [1.807, 2.05) is 13.8 Å². The minimum Gasteiger partial charge on any atom is -0.493 e. The van der Waals surface area contributed by atoms with Crippen molar-refractivity contribution in [1.29, 1.82) is 0 Å². The Kier molecular flexibility index (Phi) is 6.71. The molecule has 0 spiro atoms. The van der Waals surface area contributed by atoms with Crippen LogP contribution in [0.15, 0.2) is 23.2 Å². The lowest BCUT2D eigenvalue weighted by Gasteiger charge is -2.12. The first-order valence-electron chi connectivity index (χ1n) is 6.64. The van der Waals surface area contributed by atoms with E-state index in [0.717, 1.165) is 6.42 Å². The van der Waals surface area contributed by atoms with Crippen LogP contribution in [0.5, 0.6) is 11.5 Å². The molecular weight excluding hydrogens is 280 g/mol. The van der Waals surface area contributed by atoms with E-state index >= 15 is 0 Å². The Morgan fingerprint density at radius 3 is 2.67 bits per heavy atom. The first-order valence-corrected chi connectivity index (χ1v) is 6.64. The fourth-order valence-electron chi connectivity index (χ4n) is 1.58. The first kappa shape index (κ1) is 17.0. The van der Waals surface area contributed by atoms with Gasteiger partial charge in [-0.3, -0.25) is 0 Å². The van der Waals surface area contributed by atoms with E-state index in [-0.39, 0.29) is 24.1 Å². The van der Waals surface area contributed by atoms with Crippen LogP contribution in [-0.4, -0.2) is 25.7 Å². The monoisotopic (exact) mass is 301 g/mol. The number of guanidine groups is 1. The van der Waals surface area contributed by atoms with Crippen LogP contribution < -0.4 is 20.5 Å². The topological polar surface area (TPSA) is 68.9 Å². The zero-order valence-corrected chi connectivity index (χ0v) is 12.4. The fourth-order valence-corrected chi connectivity index (χ4v) is 1.58. The summed E-state index contributed by atoms with van der Waals surface area (Å²) in [6.45, 7) is 1.38. The molecule has 1 rings (SSSR count). The molecule has 0 fully saturated rings. The summed E-state index contributed by atoms with van der Waals surface area (Å²) in [5, 5.41) is 3.02. The van der Waals surface area contributed by atoms with Crippen molar-refractivity contribution < 1.29 is 18.3 Å². The van der Waals surface area contributed by atoms with Gasteiger partial charge in [0.2, 0.25) is 0 Å². The lowest BCUT2D eigenvalue weighted by molar-refractivity contribution is -0.0512. The quantitative estimate of drug-likeness (QED) is 0.600. The molecule has 7 heteroatoms. The molecule has 1 atom stereocenters. The Balaban J connectivity index is 2.77. The number of aliphatic imine (C=N–C) groups is 1. The largest absolute Gasteiger partial charge is 0.493 e. The SMILES string of the molecule is CCC(C)NC(N)=NCc1ccc(OC)c(OC(F)F)c1. The van der Waals surface area contributed by atoms with Gasteiger partial charge >= 0.3 is 6.61 Å². The van der Waals surface area contributed by atoms with Gasteiger partial charge in [-0.15, -0.1) is 0 Å². The summed E-state index contributed by atoms with van der Waals surface area (Å²) in [5.41, 5.74) is 6.43. The minimum atomic E-state index is -2.91. The lowest BCUT2D eigenvalue weighted by atomic mass is 10.2. The molecule has 0 saturated carbocycles. The number of alkyl halides is 2. The van der Waals surface area contributed by atoms with Crippen molar-refractivity contribution in [3.8, 4) is 11.5 Å². The van der Waals surface area contributed by atoms with Gasteiger partial charge in [-0.2, -0.15) is 8.78 Å². The Morgan fingerprint density at radius 1 is 1.38 bits per heavy atom. The summed E-state index contributed by atoms with van der Waals surface area (Å²) in [5.74, 6) is 0.541.